The van der Waals surface area contributed by atoms with Crippen molar-refractivity contribution in [2.75, 3.05) is 18.9 Å². The van der Waals surface area contributed by atoms with E-state index in [1.807, 2.05) is 30.5 Å². The van der Waals surface area contributed by atoms with E-state index in [1.165, 1.54) is 16.2 Å². The molecule has 2 amide bonds. The normalized spacial score (nSPS) is 10.6. The summed E-state index contributed by atoms with van der Waals surface area (Å²) in [4.78, 5) is 30.6. The van der Waals surface area contributed by atoms with Crippen LogP contribution in [0.1, 0.15) is 11.3 Å². The number of carbonyl (C=O) groups is 2. The number of amides is 2. The van der Waals surface area contributed by atoms with E-state index in [4.69, 9.17) is 23.2 Å². The molecular formula is C21H19Cl2N3O2S. The number of hydrogen-bond donors (Lipinski definition) is 1. The average molecular weight is 448 g/mol. The van der Waals surface area contributed by atoms with Crippen molar-refractivity contribution >= 4 is 52.0 Å². The molecule has 29 heavy (non-hydrogen) atoms. The maximum Gasteiger partial charge on any atom is 0.243 e. The second-order valence-electron chi connectivity index (χ2n) is 6.62. The van der Waals surface area contributed by atoms with Crippen LogP contribution >= 0.6 is 34.5 Å². The van der Waals surface area contributed by atoms with Gasteiger partial charge in [-0.25, -0.2) is 4.98 Å². The van der Waals surface area contributed by atoms with E-state index in [-0.39, 0.29) is 24.8 Å². The fraction of sp³-hybridized carbons (Fsp3) is 0.190. The Morgan fingerprint density at radius 1 is 1.14 bits per heavy atom. The third kappa shape index (κ3) is 5.79. The summed E-state index contributed by atoms with van der Waals surface area (Å²) < 4.78 is 0. The van der Waals surface area contributed by atoms with Crippen molar-refractivity contribution in [3.63, 3.8) is 0 Å². The molecule has 5 nitrogen and oxygen atoms in total. The van der Waals surface area contributed by atoms with Crippen LogP contribution in [-0.2, 0) is 16.0 Å². The molecule has 0 fully saturated rings. The first-order valence-corrected chi connectivity index (χ1v) is 10.5. The van der Waals surface area contributed by atoms with E-state index in [1.54, 1.807) is 25.2 Å². The van der Waals surface area contributed by atoms with E-state index in [9.17, 15) is 9.59 Å². The molecule has 150 valence electrons. The van der Waals surface area contributed by atoms with Gasteiger partial charge in [0.25, 0.3) is 0 Å². The predicted molar refractivity (Wildman–Crippen MR) is 119 cm³/mol. The number of thiazole rings is 1. The third-order valence-electron chi connectivity index (χ3n) is 4.16. The molecule has 0 spiro atoms. The molecule has 0 saturated carbocycles. The molecular weight excluding hydrogens is 429 g/mol. The summed E-state index contributed by atoms with van der Waals surface area (Å²) in [6.07, 6.45) is 0.138. The van der Waals surface area contributed by atoms with Crippen LogP contribution in [0, 0.1) is 6.92 Å². The van der Waals surface area contributed by atoms with Crippen molar-refractivity contribution in [3.05, 3.63) is 69.1 Å². The second-order valence-corrected chi connectivity index (χ2v) is 8.29. The molecule has 3 aromatic rings. The van der Waals surface area contributed by atoms with Crippen molar-refractivity contribution in [3.8, 4) is 10.6 Å². The van der Waals surface area contributed by atoms with Crippen molar-refractivity contribution in [2.24, 2.45) is 0 Å². The van der Waals surface area contributed by atoms with Gasteiger partial charge in [-0.1, -0.05) is 47.0 Å². The third-order valence-corrected chi connectivity index (χ3v) is 5.84. The summed E-state index contributed by atoms with van der Waals surface area (Å²) >= 11 is 13.3. The molecule has 1 aromatic heterocycles. The van der Waals surface area contributed by atoms with E-state index >= 15 is 0 Å². The fourth-order valence-electron chi connectivity index (χ4n) is 2.67. The highest BCUT2D eigenvalue weighted by Crippen LogP contribution is 2.26. The van der Waals surface area contributed by atoms with Crippen LogP contribution in [0.2, 0.25) is 10.0 Å². The first kappa shape index (κ1) is 21.3. The molecule has 0 aliphatic heterocycles. The van der Waals surface area contributed by atoms with Gasteiger partial charge in [-0.3, -0.25) is 9.59 Å². The minimum Gasteiger partial charge on any atom is -0.336 e. The maximum absolute atomic E-state index is 12.5. The van der Waals surface area contributed by atoms with Gasteiger partial charge in [-0.05, 0) is 31.2 Å². The topological polar surface area (TPSA) is 62.3 Å². The van der Waals surface area contributed by atoms with Gasteiger partial charge < -0.3 is 10.2 Å². The Morgan fingerprint density at radius 2 is 1.93 bits per heavy atom. The van der Waals surface area contributed by atoms with Gasteiger partial charge in [-0.15, -0.1) is 11.3 Å². The lowest BCUT2D eigenvalue weighted by atomic mass is 10.1. The number of anilines is 1. The smallest absolute Gasteiger partial charge is 0.243 e. The van der Waals surface area contributed by atoms with Crippen LogP contribution in [0.3, 0.4) is 0 Å². The zero-order valence-electron chi connectivity index (χ0n) is 15.9. The molecule has 2 aromatic carbocycles. The van der Waals surface area contributed by atoms with Crippen LogP contribution in [0.4, 0.5) is 5.69 Å². The van der Waals surface area contributed by atoms with Gasteiger partial charge >= 0.3 is 0 Å². The predicted octanol–water partition coefficient (Wildman–Crippen LogP) is 5.06. The molecule has 1 N–H and O–H groups in total. The molecule has 0 bridgehead atoms. The zero-order valence-corrected chi connectivity index (χ0v) is 18.2. The van der Waals surface area contributed by atoms with Crippen LogP contribution in [0.5, 0.6) is 0 Å². The first-order chi connectivity index (χ1) is 13.8. The lowest BCUT2D eigenvalue weighted by Gasteiger charge is -2.16. The Bertz CT molecular complexity index is 1050. The fourth-order valence-corrected chi connectivity index (χ4v) is 3.78. The summed E-state index contributed by atoms with van der Waals surface area (Å²) in [5.41, 5.74) is 3.40. The van der Waals surface area contributed by atoms with E-state index < -0.39 is 0 Å². The van der Waals surface area contributed by atoms with Crippen molar-refractivity contribution in [1.82, 2.24) is 9.88 Å². The monoisotopic (exact) mass is 447 g/mol. The molecule has 0 saturated heterocycles. The number of rotatable bonds is 6. The van der Waals surface area contributed by atoms with Crippen molar-refractivity contribution in [1.29, 1.82) is 0 Å². The molecule has 0 atom stereocenters. The summed E-state index contributed by atoms with van der Waals surface area (Å²) in [5, 5.41) is 6.20. The van der Waals surface area contributed by atoms with E-state index in [0.29, 0.717) is 21.4 Å². The molecule has 0 aliphatic carbocycles. The molecule has 8 heteroatoms. The Kier molecular flexibility index (Phi) is 6.90. The number of nitrogens with one attached hydrogen (secondary N) is 1. The molecule has 0 aliphatic rings. The minimum absolute atomic E-state index is 0.0754. The van der Waals surface area contributed by atoms with Crippen LogP contribution in [-0.4, -0.2) is 35.3 Å². The molecule has 3 rings (SSSR count). The lowest BCUT2D eigenvalue weighted by Crippen LogP contribution is -2.35. The number of aromatic nitrogens is 1. The van der Waals surface area contributed by atoms with Crippen molar-refractivity contribution in [2.45, 2.75) is 13.3 Å². The summed E-state index contributed by atoms with van der Waals surface area (Å²) in [5.74, 6) is -0.506. The van der Waals surface area contributed by atoms with Gasteiger partial charge in [0, 0.05) is 23.7 Å². The van der Waals surface area contributed by atoms with Gasteiger partial charge in [0.2, 0.25) is 11.8 Å². The van der Waals surface area contributed by atoms with Gasteiger partial charge in [-0.2, -0.15) is 0 Å². The van der Waals surface area contributed by atoms with E-state index in [0.717, 1.165) is 16.1 Å². The largest absolute Gasteiger partial charge is 0.336 e. The number of nitrogens with zero attached hydrogens (tertiary/aromatic N) is 2. The highest BCUT2D eigenvalue weighted by atomic mass is 35.5. The minimum atomic E-state index is -0.321. The molecule has 0 radical (unpaired) electrons. The Labute approximate surface area is 183 Å². The second kappa shape index (κ2) is 9.39. The average Bonchev–Trinajstić information content (AvgIpc) is 3.13. The number of carbonyl (C=O) groups excluding carboxylic acids is 2. The number of halogens is 2. The standard InChI is InChI=1S/C21H19Cl2N3O2S/c1-13-4-3-5-14(8-13)21-25-16(12-29-21)10-20(28)26(2)11-19(27)24-15-6-7-17(22)18(23)9-15/h3-9,12H,10-11H2,1-2H3,(H,24,27). The Balaban J connectivity index is 1.56. The number of hydrogen-bond acceptors (Lipinski definition) is 4. The number of likely N-dealkylation sites (N-methyl/N-ethyl adjacent to an activating group) is 1. The SMILES string of the molecule is Cc1cccc(-c2nc(CC(=O)N(C)CC(=O)Nc3ccc(Cl)c(Cl)c3)cs2)c1. The van der Waals surface area contributed by atoms with Gasteiger partial charge in [0.15, 0.2) is 0 Å². The highest BCUT2D eigenvalue weighted by Gasteiger charge is 2.16. The van der Waals surface area contributed by atoms with Crippen LogP contribution in [0.25, 0.3) is 10.6 Å². The number of benzene rings is 2. The van der Waals surface area contributed by atoms with Gasteiger partial charge in [0.1, 0.15) is 5.01 Å². The summed E-state index contributed by atoms with van der Waals surface area (Å²) in [7, 11) is 1.59. The number of aryl methyl sites for hydroxylation is 1. The van der Waals surface area contributed by atoms with Crippen LogP contribution in [0.15, 0.2) is 47.8 Å². The van der Waals surface area contributed by atoms with Crippen molar-refractivity contribution < 1.29 is 9.59 Å². The summed E-state index contributed by atoms with van der Waals surface area (Å²) in [6.45, 7) is 1.95. The summed E-state index contributed by atoms with van der Waals surface area (Å²) in [6, 6.07) is 12.9. The maximum atomic E-state index is 12.5. The highest BCUT2D eigenvalue weighted by molar-refractivity contribution is 7.13. The Hall–Kier alpha value is -2.41. The Morgan fingerprint density at radius 3 is 2.66 bits per heavy atom. The van der Waals surface area contributed by atoms with Crippen LogP contribution < -0.4 is 5.32 Å². The molecule has 0 unspecified atom stereocenters. The van der Waals surface area contributed by atoms with Gasteiger partial charge in [0.05, 0.1) is 28.7 Å². The first-order valence-electron chi connectivity index (χ1n) is 8.82. The lowest BCUT2D eigenvalue weighted by molar-refractivity contribution is -0.132. The molecule has 1 heterocycles. The van der Waals surface area contributed by atoms with E-state index in [2.05, 4.69) is 16.4 Å². The quantitative estimate of drug-likeness (QED) is 0.573. The zero-order chi connectivity index (χ0) is 21.0.